The van der Waals surface area contributed by atoms with Gasteiger partial charge >= 0.3 is 5.69 Å². The lowest BCUT2D eigenvalue weighted by Gasteiger charge is -2.12. The highest BCUT2D eigenvalue weighted by Gasteiger charge is 2.21. The number of hydrogen-bond acceptors (Lipinski definition) is 5. The standard InChI is InChI=1S/C12H16N4O2S/c1-7-5-10(9(3)19-7)8(2)13-12-11(16(17)18)6-15(4)14-12/h5-6,8H,1-4H3,(H,13,14). The van der Waals surface area contributed by atoms with Crippen molar-refractivity contribution in [1.82, 2.24) is 9.78 Å². The van der Waals surface area contributed by atoms with Gasteiger partial charge in [0.15, 0.2) is 0 Å². The van der Waals surface area contributed by atoms with Crippen LogP contribution in [0.4, 0.5) is 11.5 Å². The maximum atomic E-state index is 10.9. The van der Waals surface area contributed by atoms with E-state index in [1.165, 1.54) is 20.6 Å². The molecule has 2 rings (SSSR count). The smallest absolute Gasteiger partial charge is 0.330 e. The highest BCUT2D eigenvalue weighted by Crippen LogP contribution is 2.30. The molecule has 7 heteroatoms. The van der Waals surface area contributed by atoms with Gasteiger partial charge in [0.1, 0.15) is 6.20 Å². The Hall–Kier alpha value is -1.89. The average molecular weight is 280 g/mol. The Kier molecular flexibility index (Phi) is 3.57. The van der Waals surface area contributed by atoms with Crippen LogP contribution in [0.5, 0.6) is 0 Å². The van der Waals surface area contributed by atoms with Crippen molar-refractivity contribution in [3.8, 4) is 0 Å². The third kappa shape index (κ3) is 2.76. The maximum Gasteiger partial charge on any atom is 0.330 e. The average Bonchev–Trinajstić information content (AvgIpc) is 2.81. The summed E-state index contributed by atoms with van der Waals surface area (Å²) in [7, 11) is 1.67. The van der Waals surface area contributed by atoms with Gasteiger partial charge in [-0.25, -0.2) is 0 Å². The van der Waals surface area contributed by atoms with Gasteiger partial charge in [0, 0.05) is 16.8 Å². The quantitative estimate of drug-likeness (QED) is 0.689. The second-order valence-electron chi connectivity index (χ2n) is 4.53. The first-order valence-corrected chi connectivity index (χ1v) is 6.71. The van der Waals surface area contributed by atoms with Gasteiger partial charge in [-0.1, -0.05) is 0 Å². The van der Waals surface area contributed by atoms with Gasteiger partial charge in [-0.3, -0.25) is 14.8 Å². The Morgan fingerprint density at radius 2 is 2.21 bits per heavy atom. The fourth-order valence-corrected chi connectivity index (χ4v) is 3.10. The zero-order valence-electron chi connectivity index (χ0n) is 11.3. The van der Waals surface area contributed by atoms with Crippen LogP contribution in [0, 0.1) is 24.0 Å². The van der Waals surface area contributed by atoms with E-state index in [2.05, 4.69) is 30.3 Å². The molecule has 0 bridgehead atoms. The van der Waals surface area contributed by atoms with Gasteiger partial charge in [0.05, 0.1) is 11.0 Å². The molecule has 0 saturated heterocycles. The molecule has 0 aliphatic heterocycles. The van der Waals surface area contributed by atoms with Crippen LogP contribution < -0.4 is 5.32 Å². The monoisotopic (exact) mass is 280 g/mol. The molecule has 0 amide bonds. The third-order valence-corrected chi connectivity index (χ3v) is 3.89. The summed E-state index contributed by atoms with van der Waals surface area (Å²) >= 11 is 1.72. The summed E-state index contributed by atoms with van der Waals surface area (Å²) in [6, 6.07) is 2.09. The number of nitrogens with one attached hydrogen (secondary N) is 1. The van der Waals surface area contributed by atoms with Crippen LogP contribution in [0.15, 0.2) is 12.3 Å². The van der Waals surface area contributed by atoms with E-state index >= 15 is 0 Å². The van der Waals surface area contributed by atoms with Crippen LogP contribution >= 0.6 is 11.3 Å². The predicted octanol–water partition coefficient (Wildman–Crippen LogP) is 3.18. The van der Waals surface area contributed by atoms with E-state index in [-0.39, 0.29) is 11.7 Å². The van der Waals surface area contributed by atoms with E-state index in [4.69, 9.17) is 0 Å². The third-order valence-electron chi connectivity index (χ3n) is 2.91. The minimum absolute atomic E-state index is 0.000968. The molecule has 0 saturated carbocycles. The SMILES string of the molecule is Cc1cc(C(C)Nc2nn(C)cc2[N+](=O)[O-])c(C)s1. The first kappa shape index (κ1) is 13.5. The summed E-state index contributed by atoms with van der Waals surface area (Å²) < 4.78 is 1.44. The molecule has 0 fully saturated rings. The van der Waals surface area contributed by atoms with Crippen molar-refractivity contribution >= 4 is 22.8 Å². The fourth-order valence-electron chi connectivity index (χ4n) is 2.08. The van der Waals surface area contributed by atoms with Gasteiger partial charge in [-0.05, 0) is 32.4 Å². The maximum absolute atomic E-state index is 10.9. The van der Waals surface area contributed by atoms with Crippen molar-refractivity contribution in [3.63, 3.8) is 0 Å². The summed E-state index contributed by atoms with van der Waals surface area (Å²) in [6.45, 7) is 6.09. The van der Waals surface area contributed by atoms with Gasteiger partial charge < -0.3 is 5.32 Å². The van der Waals surface area contributed by atoms with Gasteiger partial charge in [0.25, 0.3) is 0 Å². The highest BCUT2D eigenvalue weighted by molar-refractivity contribution is 7.12. The number of aryl methyl sites for hydroxylation is 3. The normalized spacial score (nSPS) is 12.4. The molecule has 0 aliphatic carbocycles. The number of rotatable bonds is 4. The zero-order valence-corrected chi connectivity index (χ0v) is 12.1. The molecule has 0 radical (unpaired) electrons. The molecule has 102 valence electrons. The number of nitrogens with zero attached hydrogens (tertiary/aromatic N) is 3. The Morgan fingerprint density at radius 3 is 2.74 bits per heavy atom. The van der Waals surface area contributed by atoms with Crippen molar-refractivity contribution in [3.05, 3.63) is 37.7 Å². The number of thiophene rings is 1. The lowest BCUT2D eigenvalue weighted by atomic mass is 10.1. The van der Waals surface area contributed by atoms with Crippen LogP contribution in [0.2, 0.25) is 0 Å². The van der Waals surface area contributed by atoms with Crippen LogP contribution in [-0.4, -0.2) is 14.7 Å². The van der Waals surface area contributed by atoms with Crippen molar-refractivity contribution in [2.45, 2.75) is 26.8 Å². The minimum atomic E-state index is -0.423. The molecule has 6 nitrogen and oxygen atoms in total. The zero-order chi connectivity index (χ0) is 14.2. The Balaban J connectivity index is 2.26. The van der Waals surface area contributed by atoms with Crippen LogP contribution in [0.3, 0.4) is 0 Å². The van der Waals surface area contributed by atoms with E-state index < -0.39 is 4.92 Å². The first-order chi connectivity index (χ1) is 8.88. The molecule has 0 aliphatic rings. The van der Waals surface area contributed by atoms with Gasteiger partial charge in [-0.2, -0.15) is 0 Å². The van der Waals surface area contributed by atoms with E-state index in [0.29, 0.717) is 5.82 Å². The summed E-state index contributed by atoms with van der Waals surface area (Å²) in [5.41, 5.74) is 1.15. The number of aromatic nitrogens is 2. The molecule has 1 unspecified atom stereocenters. The van der Waals surface area contributed by atoms with E-state index in [0.717, 1.165) is 5.56 Å². The van der Waals surface area contributed by atoms with Crippen molar-refractivity contribution in [2.24, 2.45) is 7.05 Å². The Labute approximate surface area is 115 Å². The van der Waals surface area contributed by atoms with Crippen molar-refractivity contribution in [1.29, 1.82) is 0 Å². The minimum Gasteiger partial charge on any atom is -0.356 e. The molecule has 2 aromatic rings. The van der Waals surface area contributed by atoms with Crippen molar-refractivity contribution < 1.29 is 4.92 Å². The summed E-state index contributed by atoms with van der Waals surface area (Å²) in [5, 5.41) is 18.2. The van der Waals surface area contributed by atoms with E-state index in [9.17, 15) is 10.1 Å². The molecular formula is C12H16N4O2S. The molecule has 2 heterocycles. The largest absolute Gasteiger partial charge is 0.356 e. The second kappa shape index (κ2) is 5.00. The molecular weight excluding hydrogens is 264 g/mol. The Morgan fingerprint density at radius 1 is 1.53 bits per heavy atom. The number of hydrogen-bond donors (Lipinski definition) is 1. The lowest BCUT2D eigenvalue weighted by Crippen LogP contribution is -2.08. The molecule has 19 heavy (non-hydrogen) atoms. The molecule has 1 N–H and O–H groups in total. The van der Waals surface area contributed by atoms with Crippen LogP contribution in [0.25, 0.3) is 0 Å². The van der Waals surface area contributed by atoms with E-state index in [1.807, 2.05) is 6.92 Å². The molecule has 2 aromatic heterocycles. The van der Waals surface area contributed by atoms with Crippen LogP contribution in [-0.2, 0) is 7.05 Å². The van der Waals surface area contributed by atoms with Gasteiger partial charge in [-0.15, -0.1) is 16.4 Å². The summed E-state index contributed by atoms with van der Waals surface area (Å²) in [5.74, 6) is 0.309. The fraction of sp³-hybridized carbons (Fsp3) is 0.417. The van der Waals surface area contributed by atoms with E-state index in [1.54, 1.807) is 18.4 Å². The Bertz CT molecular complexity index is 617. The van der Waals surface area contributed by atoms with Gasteiger partial charge in [0.2, 0.25) is 5.82 Å². The number of anilines is 1. The molecule has 0 spiro atoms. The first-order valence-electron chi connectivity index (χ1n) is 5.90. The molecule has 1 atom stereocenters. The number of nitro groups is 1. The summed E-state index contributed by atoms with van der Waals surface area (Å²) in [6.07, 6.45) is 1.40. The topological polar surface area (TPSA) is 73.0 Å². The lowest BCUT2D eigenvalue weighted by molar-refractivity contribution is -0.384. The summed E-state index contributed by atoms with van der Waals surface area (Å²) in [4.78, 5) is 13.0. The molecule has 0 aromatic carbocycles. The second-order valence-corrected chi connectivity index (χ2v) is 5.99. The van der Waals surface area contributed by atoms with Crippen molar-refractivity contribution in [2.75, 3.05) is 5.32 Å². The van der Waals surface area contributed by atoms with Crippen LogP contribution in [0.1, 0.15) is 28.3 Å². The predicted molar refractivity (Wildman–Crippen MR) is 75.7 cm³/mol. The highest BCUT2D eigenvalue weighted by atomic mass is 32.1.